The Balaban J connectivity index is 2.20. The van der Waals surface area contributed by atoms with Gasteiger partial charge in [0.05, 0.1) is 6.61 Å². The number of carbonyl (C=O) groups is 2. The van der Waals surface area contributed by atoms with Gasteiger partial charge >= 0.3 is 11.9 Å². The highest BCUT2D eigenvalue weighted by molar-refractivity contribution is 6.30. The summed E-state index contributed by atoms with van der Waals surface area (Å²) in [5.41, 5.74) is 0. The summed E-state index contributed by atoms with van der Waals surface area (Å²) in [4.78, 5) is 22.9. The molecule has 110 valence electrons. The molecule has 0 spiro atoms. The van der Waals surface area contributed by atoms with Crippen molar-refractivity contribution in [2.45, 2.75) is 33.1 Å². The maximum absolute atomic E-state index is 11.5. The van der Waals surface area contributed by atoms with E-state index in [2.05, 4.69) is 0 Å². The Hall–Kier alpha value is -1.55. The van der Waals surface area contributed by atoms with Gasteiger partial charge in [0.1, 0.15) is 5.75 Å². The van der Waals surface area contributed by atoms with E-state index in [1.54, 1.807) is 24.3 Å². The summed E-state index contributed by atoms with van der Waals surface area (Å²) in [6.07, 6.45) is 0.825. The molecule has 0 aliphatic carbocycles. The molecule has 1 aromatic carbocycles. The van der Waals surface area contributed by atoms with Gasteiger partial charge in [-0.05, 0) is 36.6 Å². The van der Waals surface area contributed by atoms with Gasteiger partial charge in [-0.3, -0.25) is 9.59 Å². The quantitative estimate of drug-likeness (QED) is 0.570. The number of hydrogen-bond acceptors (Lipinski definition) is 4. The smallest absolute Gasteiger partial charge is 0.311 e. The second-order valence-electron chi connectivity index (χ2n) is 4.86. The zero-order valence-electron chi connectivity index (χ0n) is 11.7. The number of halogens is 1. The Kier molecular flexibility index (Phi) is 7.09. The number of rotatable bonds is 7. The Morgan fingerprint density at radius 1 is 1.10 bits per heavy atom. The van der Waals surface area contributed by atoms with Gasteiger partial charge in [-0.1, -0.05) is 25.4 Å². The number of hydrogen-bond donors (Lipinski definition) is 0. The first kappa shape index (κ1) is 16.5. The molecule has 4 nitrogen and oxygen atoms in total. The Morgan fingerprint density at radius 2 is 1.70 bits per heavy atom. The molecule has 1 rings (SSSR count). The van der Waals surface area contributed by atoms with Gasteiger partial charge in [-0.2, -0.15) is 0 Å². The lowest BCUT2D eigenvalue weighted by molar-refractivity contribution is -0.145. The van der Waals surface area contributed by atoms with Crippen LogP contribution in [0.3, 0.4) is 0 Å². The van der Waals surface area contributed by atoms with E-state index in [0.29, 0.717) is 29.7 Å². The zero-order valence-corrected chi connectivity index (χ0v) is 12.5. The third-order valence-electron chi connectivity index (χ3n) is 2.38. The van der Waals surface area contributed by atoms with Crippen LogP contribution in [0.4, 0.5) is 0 Å². The van der Waals surface area contributed by atoms with Crippen LogP contribution >= 0.6 is 11.6 Å². The molecule has 0 atom stereocenters. The van der Waals surface area contributed by atoms with Crippen LogP contribution in [0.2, 0.25) is 5.02 Å². The Morgan fingerprint density at radius 3 is 2.30 bits per heavy atom. The maximum atomic E-state index is 11.5. The van der Waals surface area contributed by atoms with E-state index in [4.69, 9.17) is 21.1 Å². The predicted octanol–water partition coefficient (Wildman–Crippen LogP) is 3.61. The first-order valence-corrected chi connectivity index (χ1v) is 6.97. The van der Waals surface area contributed by atoms with Crippen molar-refractivity contribution in [3.8, 4) is 5.75 Å². The number of ether oxygens (including phenoxy) is 2. The second kappa shape index (κ2) is 8.59. The van der Waals surface area contributed by atoms with Gasteiger partial charge in [0.25, 0.3) is 0 Å². The molecule has 0 fully saturated rings. The minimum atomic E-state index is -0.371. The van der Waals surface area contributed by atoms with Gasteiger partial charge in [-0.15, -0.1) is 0 Å². The van der Waals surface area contributed by atoms with Crippen molar-refractivity contribution in [2.75, 3.05) is 6.61 Å². The standard InChI is InChI=1S/C15H19ClO4/c1-11(2)10-19-14(17)4-3-5-15(18)20-13-8-6-12(16)7-9-13/h6-9,11H,3-5,10H2,1-2H3. The van der Waals surface area contributed by atoms with Crippen LogP contribution in [0, 0.1) is 5.92 Å². The molecule has 0 saturated heterocycles. The van der Waals surface area contributed by atoms with E-state index < -0.39 is 0 Å². The fourth-order valence-electron chi connectivity index (χ4n) is 1.39. The van der Waals surface area contributed by atoms with Crippen LogP contribution in [0.25, 0.3) is 0 Å². The van der Waals surface area contributed by atoms with Crippen molar-refractivity contribution < 1.29 is 19.1 Å². The van der Waals surface area contributed by atoms with Gasteiger partial charge in [0.2, 0.25) is 0 Å². The topological polar surface area (TPSA) is 52.6 Å². The van der Waals surface area contributed by atoms with Crippen molar-refractivity contribution >= 4 is 23.5 Å². The molecule has 0 saturated carbocycles. The molecule has 0 N–H and O–H groups in total. The molecule has 0 aliphatic rings. The van der Waals surface area contributed by atoms with Crippen molar-refractivity contribution in [1.82, 2.24) is 0 Å². The van der Waals surface area contributed by atoms with E-state index in [0.717, 1.165) is 0 Å². The minimum Gasteiger partial charge on any atom is -0.465 e. The summed E-state index contributed by atoms with van der Waals surface area (Å²) in [5, 5.41) is 0.581. The van der Waals surface area contributed by atoms with Crippen LogP contribution in [0.15, 0.2) is 24.3 Å². The van der Waals surface area contributed by atoms with Crippen LogP contribution in [-0.2, 0) is 14.3 Å². The average molecular weight is 299 g/mol. The molecule has 0 heterocycles. The monoisotopic (exact) mass is 298 g/mol. The molecule has 0 aromatic heterocycles. The molecule has 0 bridgehead atoms. The summed E-state index contributed by atoms with van der Waals surface area (Å²) in [6, 6.07) is 6.54. The summed E-state index contributed by atoms with van der Waals surface area (Å²) in [5.74, 6) is 0.109. The first-order chi connectivity index (χ1) is 9.47. The van der Waals surface area contributed by atoms with Gasteiger partial charge in [0, 0.05) is 17.9 Å². The van der Waals surface area contributed by atoms with Gasteiger partial charge < -0.3 is 9.47 Å². The molecule has 0 unspecified atom stereocenters. The summed E-state index contributed by atoms with van der Waals surface area (Å²) in [6.45, 7) is 4.35. The SMILES string of the molecule is CC(C)COC(=O)CCCC(=O)Oc1ccc(Cl)cc1. The van der Waals surface area contributed by atoms with Crippen molar-refractivity contribution in [3.63, 3.8) is 0 Å². The number of esters is 2. The van der Waals surface area contributed by atoms with Gasteiger partial charge in [0.15, 0.2) is 0 Å². The first-order valence-electron chi connectivity index (χ1n) is 6.59. The highest BCUT2D eigenvalue weighted by atomic mass is 35.5. The lowest BCUT2D eigenvalue weighted by atomic mass is 10.2. The fourth-order valence-corrected chi connectivity index (χ4v) is 1.52. The normalized spacial score (nSPS) is 10.4. The lowest BCUT2D eigenvalue weighted by Crippen LogP contribution is -2.12. The van der Waals surface area contributed by atoms with Crippen molar-refractivity contribution in [1.29, 1.82) is 0 Å². The second-order valence-corrected chi connectivity index (χ2v) is 5.29. The Labute approximate surface area is 124 Å². The number of carbonyl (C=O) groups excluding carboxylic acids is 2. The lowest BCUT2D eigenvalue weighted by Gasteiger charge is -2.07. The predicted molar refractivity (Wildman–Crippen MR) is 76.7 cm³/mol. The number of benzene rings is 1. The molecule has 0 aliphatic heterocycles. The minimum absolute atomic E-state index is 0.180. The third kappa shape index (κ3) is 7.14. The van der Waals surface area contributed by atoms with Gasteiger partial charge in [-0.25, -0.2) is 0 Å². The zero-order chi connectivity index (χ0) is 15.0. The average Bonchev–Trinajstić information content (AvgIpc) is 2.39. The van der Waals surface area contributed by atoms with E-state index in [1.165, 1.54) is 0 Å². The molecule has 20 heavy (non-hydrogen) atoms. The molecule has 5 heteroatoms. The van der Waals surface area contributed by atoms with Crippen LogP contribution < -0.4 is 4.74 Å². The highest BCUT2D eigenvalue weighted by Crippen LogP contribution is 2.16. The fraction of sp³-hybridized carbons (Fsp3) is 0.467. The van der Waals surface area contributed by atoms with Crippen molar-refractivity contribution in [3.05, 3.63) is 29.3 Å². The van der Waals surface area contributed by atoms with Crippen LogP contribution in [0.1, 0.15) is 33.1 Å². The summed E-state index contributed by atoms with van der Waals surface area (Å²) >= 11 is 5.73. The Bertz CT molecular complexity index is 440. The van der Waals surface area contributed by atoms with Crippen LogP contribution in [0.5, 0.6) is 5.75 Å². The van der Waals surface area contributed by atoms with Crippen molar-refractivity contribution in [2.24, 2.45) is 5.92 Å². The molecule has 0 radical (unpaired) electrons. The highest BCUT2D eigenvalue weighted by Gasteiger charge is 2.09. The summed E-state index contributed by atoms with van der Waals surface area (Å²) in [7, 11) is 0. The molecule has 1 aromatic rings. The molecular weight excluding hydrogens is 280 g/mol. The molecule has 0 amide bonds. The largest absolute Gasteiger partial charge is 0.465 e. The molecular formula is C15H19ClO4. The van der Waals surface area contributed by atoms with E-state index in [9.17, 15) is 9.59 Å². The summed E-state index contributed by atoms with van der Waals surface area (Å²) < 4.78 is 10.1. The maximum Gasteiger partial charge on any atom is 0.311 e. The van der Waals surface area contributed by atoms with Crippen LogP contribution in [-0.4, -0.2) is 18.5 Å². The van der Waals surface area contributed by atoms with E-state index in [-0.39, 0.29) is 24.8 Å². The third-order valence-corrected chi connectivity index (χ3v) is 2.64. The van der Waals surface area contributed by atoms with E-state index >= 15 is 0 Å². The van der Waals surface area contributed by atoms with E-state index in [1.807, 2.05) is 13.8 Å².